The zero-order valence-corrected chi connectivity index (χ0v) is 5.45. The van der Waals surface area contributed by atoms with E-state index in [2.05, 4.69) is 0 Å². The summed E-state index contributed by atoms with van der Waals surface area (Å²) in [6.45, 7) is 0. The minimum atomic E-state index is -0.786. The second-order valence-corrected chi connectivity index (χ2v) is 2.06. The molecule has 1 aromatic rings. The number of hydrogen-bond acceptors (Lipinski definition) is 1. The molecule has 1 N–H and O–H groups in total. The Hall–Kier alpha value is -0.713. The monoisotopic (exact) mass is 144 g/mol. The van der Waals surface area contributed by atoms with Gasteiger partial charge in [0.25, 0.3) is 0 Å². The van der Waals surface area contributed by atoms with Crippen LogP contribution in [0.5, 0.6) is 0 Å². The molecular formula is C8H9LiO2. The Morgan fingerprint density at radius 3 is 2.27 bits per heavy atom. The third kappa shape index (κ3) is 3.87. The molecule has 0 aromatic heterocycles. The third-order valence-electron chi connectivity index (χ3n) is 1.20. The van der Waals surface area contributed by atoms with Crippen LogP contribution in [-0.2, 0) is 11.2 Å². The van der Waals surface area contributed by atoms with E-state index in [1.807, 2.05) is 18.2 Å². The first-order valence-corrected chi connectivity index (χ1v) is 3.05. The van der Waals surface area contributed by atoms with Gasteiger partial charge in [0.2, 0.25) is 0 Å². The number of carboxylic acid groups (broad SMARTS) is 1. The molecule has 1 aromatic carbocycles. The van der Waals surface area contributed by atoms with E-state index in [0.29, 0.717) is 0 Å². The Morgan fingerprint density at radius 1 is 1.27 bits per heavy atom. The first-order valence-electron chi connectivity index (χ1n) is 3.05. The number of aliphatic carboxylic acids is 1. The van der Waals surface area contributed by atoms with E-state index in [1.54, 1.807) is 12.1 Å². The van der Waals surface area contributed by atoms with Crippen LogP contribution in [0.15, 0.2) is 30.3 Å². The second-order valence-electron chi connectivity index (χ2n) is 2.06. The van der Waals surface area contributed by atoms with Gasteiger partial charge in [0.1, 0.15) is 0 Å². The third-order valence-corrected chi connectivity index (χ3v) is 1.20. The number of rotatable bonds is 2. The quantitative estimate of drug-likeness (QED) is 0.619. The molecule has 11 heavy (non-hydrogen) atoms. The molecule has 0 aliphatic heterocycles. The number of benzene rings is 1. The number of carboxylic acids is 1. The van der Waals surface area contributed by atoms with Gasteiger partial charge in [-0.2, -0.15) is 0 Å². The number of carbonyl (C=O) groups is 1. The van der Waals surface area contributed by atoms with Gasteiger partial charge in [0.05, 0.1) is 6.42 Å². The van der Waals surface area contributed by atoms with Crippen molar-refractivity contribution in [2.24, 2.45) is 0 Å². The Labute approximate surface area is 77.4 Å². The summed E-state index contributed by atoms with van der Waals surface area (Å²) in [5, 5.41) is 8.37. The van der Waals surface area contributed by atoms with E-state index in [-0.39, 0.29) is 25.3 Å². The van der Waals surface area contributed by atoms with E-state index in [9.17, 15) is 4.79 Å². The Bertz CT molecular complexity index is 221. The second kappa shape index (κ2) is 5.01. The Balaban J connectivity index is 0.000001000. The van der Waals surface area contributed by atoms with Crippen molar-refractivity contribution in [3.8, 4) is 0 Å². The fourth-order valence-electron chi connectivity index (χ4n) is 0.770. The van der Waals surface area contributed by atoms with Crippen LogP contribution >= 0.6 is 0 Å². The predicted octanol–water partition coefficient (Wildman–Crippen LogP) is 0.665. The van der Waals surface area contributed by atoms with Crippen molar-refractivity contribution < 1.29 is 9.90 Å². The predicted molar refractivity (Wildman–Crippen MR) is 44.9 cm³/mol. The molecular weight excluding hydrogens is 135 g/mol. The molecule has 0 aliphatic rings. The van der Waals surface area contributed by atoms with Gasteiger partial charge in [-0.3, -0.25) is 4.79 Å². The molecule has 1 rings (SSSR count). The molecule has 2 nitrogen and oxygen atoms in total. The van der Waals surface area contributed by atoms with Crippen molar-refractivity contribution >= 4 is 24.8 Å². The van der Waals surface area contributed by atoms with E-state index < -0.39 is 5.97 Å². The van der Waals surface area contributed by atoms with Gasteiger partial charge in [-0.1, -0.05) is 30.3 Å². The van der Waals surface area contributed by atoms with Crippen molar-refractivity contribution in [1.82, 2.24) is 0 Å². The van der Waals surface area contributed by atoms with Crippen LogP contribution in [0.4, 0.5) is 0 Å². The van der Waals surface area contributed by atoms with Crippen LogP contribution in [0, 0.1) is 0 Å². The summed E-state index contributed by atoms with van der Waals surface area (Å²) in [4.78, 5) is 10.2. The van der Waals surface area contributed by atoms with Gasteiger partial charge in [-0.25, -0.2) is 0 Å². The zero-order chi connectivity index (χ0) is 7.40. The fraction of sp³-hybridized carbons (Fsp3) is 0.125. The molecule has 0 fully saturated rings. The van der Waals surface area contributed by atoms with Gasteiger partial charge in [-0.05, 0) is 5.56 Å². The summed E-state index contributed by atoms with van der Waals surface area (Å²) in [7, 11) is 0. The molecule has 0 amide bonds. The van der Waals surface area contributed by atoms with Gasteiger partial charge in [0, 0.05) is 0 Å². The molecule has 0 bridgehead atoms. The van der Waals surface area contributed by atoms with Gasteiger partial charge < -0.3 is 5.11 Å². The minimum absolute atomic E-state index is 0. The van der Waals surface area contributed by atoms with E-state index in [1.165, 1.54) is 0 Å². The average molecular weight is 144 g/mol. The van der Waals surface area contributed by atoms with Crippen LogP contribution in [0.3, 0.4) is 0 Å². The maximum absolute atomic E-state index is 10.2. The van der Waals surface area contributed by atoms with Crippen LogP contribution < -0.4 is 0 Å². The first-order chi connectivity index (χ1) is 4.79. The molecule has 0 saturated heterocycles. The van der Waals surface area contributed by atoms with Gasteiger partial charge in [-0.15, -0.1) is 0 Å². The summed E-state index contributed by atoms with van der Waals surface area (Å²) in [5.74, 6) is -0.786. The number of hydrogen-bond donors (Lipinski definition) is 1. The normalized spacial score (nSPS) is 8.36. The molecule has 54 valence electrons. The summed E-state index contributed by atoms with van der Waals surface area (Å²) in [6, 6.07) is 9.13. The van der Waals surface area contributed by atoms with Crippen molar-refractivity contribution in [2.45, 2.75) is 6.42 Å². The fourth-order valence-corrected chi connectivity index (χ4v) is 0.770. The van der Waals surface area contributed by atoms with E-state index >= 15 is 0 Å². The molecule has 0 spiro atoms. The summed E-state index contributed by atoms with van der Waals surface area (Å²) < 4.78 is 0. The molecule has 0 radical (unpaired) electrons. The summed E-state index contributed by atoms with van der Waals surface area (Å²) in [5.41, 5.74) is 0.843. The summed E-state index contributed by atoms with van der Waals surface area (Å²) >= 11 is 0. The molecule has 0 atom stereocenters. The first kappa shape index (κ1) is 10.3. The van der Waals surface area contributed by atoms with Gasteiger partial charge in [0.15, 0.2) is 0 Å². The SMILES string of the molecule is O=C(O)Cc1ccccc1.[LiH]. The van der Waals surface area contributed by atoms with Crippen molar-refractivity contribution in [3.63, 3.8) is 0 Å². The van der Waals surface area contributed by atoms with Crippen LogP contribution in [0.2, 0.25) is 0 Å². The van der Waals surface area contributed by atoms with Crippen molar-refractivity contribution in [2.75, 3.05) is 0 Å². The van der Waals surface area contributed by atoms with Crippen LogP contribution in [0.1, 0.15) is 5.56 Å². The molecule has 0 aliphatic carbocycles. The van der Waals surface area contributed by atoms with Crippen LogP contribution in [-0.4, -0.2) is 29.9 Å². The Morgan fingerprint density at radius 2 is 1.82 bits per heavy atom. The molecule has 0 saturated carbocycles. The molecule has 3 heteroatoms. The average Bonchev–Trinajstić information content (AvgIpc) is 1.88. The van der Waals surface area contributed by atoms with E-state index in [0.717, 1.165) is 5.56 Å². The standard InChI is InChI=1S/C8H8O2.Li.H/c9-8(10)6-7-4-2-1-3-5-7;;/h1-5H,6H2,(H,9,10);;. The van der Waals surface area contributed by atoms with Gasteiger partial charge >= 0.3 is 24.8 Å². The Kier molecular flexibility index (Phi) is 4.68. The molecule has 0 unspecified atom stereocenters. The van der Waals surface area contributed by atoms with Crippen LogP contribution in [0.25, 0.3) is 0 Å². The molecule has 0 heterocycles. The zero-order valence-electron chi connectivity index (χ0n) is 5.45. The topological polar surface area (TPSA) is 37.3 Å². The van der Waals surface area contributed by atoms with Crippen molar-refractivity contribution in [1.29, 1.82) is 0 Å². The van der Waals surface area contributed by atoms with Crippen molar-refractivity contribution in [3.05, 3.63) is 35.9 Å². The maximum atomic E-state index is 10.2. The summed E-state index contributed by atoms with van der Waals surface area (Å²) in [6.07, 6.45) is 0.112. The van der Waals surface area contributed by atoms with E-state index in [4.69, 9.17) is 5.11 Å².